The van der Waals surface area contributed by atoms with E-state index in [1.165, 1.54) is 0 Å². The standard InChI is InChI=1S/C23H20Cl2N2O2/c24-20-11-10-19(22(25)14-20)16-29-21-8-4-7-18(13-21)15-26-27-23(28)12-9-17-5-2-1-3-6-17/h1-8,10-11,13-15H,9,12,16H2,(H,27,28)/b26-15-. The number of hydrazone groups is 1. The fraction of sp³-hybridized carbons (Fsp3) is 0.130. The van der Waals surface area contributed by atoms with Crippen molar-refractivity contribution in [3.05, 3.63) is 99.5 Å². The number of benzene rings is 3. The number of rotatable bonds is 8. The number of amides is 1. The SMILES string of the molecule is O=C(CCc1ccccc1)N/N=C\c1cccc(OCc2ccc(Cl)cc2Cl)c1. The second-order valence-corrected chi connectivity index (χ2v) is 7.22. The van der Waals surface area contributed by atoms with Gasteiger partial charge < -0.3 is 4.74 Å². The Balaban J connectivity index is 1.49. The van der Waals surface area contributed by atoms with Gasteiger partial charge in [0.15, 0.2) is 0 Å². The van der Waals surface area contributed by atoms with Crippen molar-refractivity contribution in [1.29, 1.82) is 0 Å². The lowest BCUT2D eigenvalue weighted by Crippen LogP contribution is -2.17. The topological polar surface area (TPSA) is 50.7 Å². The van der Waals surface area contributed by atoms with E-state index >= 15 is 0 Å². The van der Waals surface area contributed by atoms with E-state index < -0.39 is 0 Å². The van der Waals surface area contributed by atoms with E-state index in [1.54, 1.807) is 18.3 Å². The van der Waals surface area contributed by atoms with Gasteiger partial charge in [0, 0.05) is 22.0 Å². The summed E-state index contributed by atoms with van der Waals surface area (Å²) in [6, 6.07) is 22.6. The Morgan fingerprint density at radius 2 is 1.83 bits per heavy atom. The summed E-state index contributed by atoms with van der Waals surface area (Å²) in [6.07, 6.45) is 2.65. The maximum atomic E-state index is 11.9. The minimum Gasteiger partial charge on any atom is -0.489 e. The average Bonchev–Trinajstić information content (AvgIpc) is 2.73. The second kappa shape index (κ2) is 10.6. The van der Waals surface area contributed by atoms with Gasteiger partial charge in [-0.05, 0) is 41.8 Å². The van der Waals surface area contributed by atoms with Crippen molar-refractivity contribution in [2.24, 2.45) is 5.10 Å². The molecule has 0 saturated carbocycles. The van der Waals surface area contributed by atoms with Gasteiger partial charge in [0.25, 0.3) is 0 Å². The van der Waals surface area contributed by atoms with Crippen LogP contribution in [0.3, 0.4) is 0 Å². The highest BCUT2D eigenvalue weighted by atomic mass is 35.5. The maximum Gasteiger partial charge on any atom is 0.240 e. The number of nitrogens with one attached hydrogen (secondary N) is 1. The van der Waals surface area contributed by atoms with Crippen molar-refractivity contribution in [2.45, 2.75) is 19.4 Å². The molecule has 1 amide bonds. The first kappa shape index (κ1) is 20.9. The van der Waals surface area contributed by atoms with Crippen LogP contribution in [0.1, 0.15) is 23.1 Å². The van der Waals surface area contributed by atoms with Gasteiger partial charge in [-0.2, -0.15) is 5.10 Å². The first-order valence-electron chi connectivity index (χ1n) is 9.13. The van der Waals surface area contributed by atoms with E-state index in [4.69, 9.17) is 27.9 Å². The Labute approximate surface area is 180 Å². The van der Waals surface area contributed by atoms with Crippen LogP contribution in [0, 0.1) is 0 Å². The van der Waals surface area contributed by atoms with Gasteiger partial charge in [-0.25, -0.2) is 5.43 Å². The molecule has 3 aromatic rings. The van der Waals surface area contributed by atoms with Crippen LogP contribution in [0.4, 0.5) is 0 Å². The molecule has 29 heavy (non-hydrogen) atoms. The van der Waals surface area contributed by atoms with E-state index in [-0.39, 0.29) is 5.91 Å². The second-order valence-electron chi connectivity index (χ2n) is 6.38. The molecule has 0 atom stereocenters. The third-order valence-corrected chi connectivity index (χ3v) is 4.74. The molecule has 148 valence electrons. The summed E-state index contributed by atoms with van der Waals surface area (Å²) in [7, 11) is 0. The average molecular weight is 427 g/mol. The normalized spacial score (nSPS) is 10.8. The maximum absolute atomic E-state index is 11.9. The van der Waals surface area contributed by atoms with Gasteiger partial charge in [0.1, 0.15) is 12.4 Å². The van der Waals surface area contributed by atoms with Gasteiger partial charge in [-0.1, -0.05) is 71.7 Å². The molecule has 0 spiro atoms. The van der Waals surface area contributed by atoms with Crippen LogP contribution in [0.25, 0.3) is 0 Å². The summed E-state index contributed by atoms with van der Waals surface area (Å²) in [4.78, 5) is 11.9. The lowest BCUT2D eigenvalue weighted by Gasteiger charge is -2.08. The van der Waals surface area contributed by atoms with Crippen LogP contribution < -0.4 is 10.2 Å². The van der Waals surface area contributed by atoms with Crippen LogP contribution in [0.15, 0.2) is 77.9 Å². The zero-order chi connectivity index (χ0) is 20.5. The fourth-order valence-corrected chi connectivity index (χ4v) is 3.08. The summed E-state index contributed by atoms with van der Waals surface area (Å²) in [5.41, 5.74) is 5.33. The number of carbonyl (C=O) groups is 1. The largest absolute Gasteiger partial charge is 0.489 e. The van der Waals surface area contributed by atoms with Crippen LogP contribution in [-0.4, -0.2) is 12.1 Å². The minimum absolute atomic E-state index is 0.130. The Hall–Kier alpha value is -2.82. The van der Waals surface area contributed by atoms with Crippen molar-refractivity contribution in [3.8, 4) is 5.75 Å². The smallest absolute Gasteiger partial charge is 0.240 e. The third kappa shape index (κ3) is 6.93. The molecule has 0 saturated heterocycles. The van der Waals surface area contributed by atoms with Crippen molar-refractivity contribution in [3.63, 3.8) is 0 Å². The van der Waals surface area contributed by atoms with E-state index in [0.717, 1.165) is 16.7 Å². The number of aryl methyl sites for hydroxylation is 1. The number of carbonyl (C=O) groups excluding carboxylic acids is 1. The predicted molar refractivity (Wildman–Crippen MR) is 118 cm³/mol. The minimum atomic E-state index is -0.130. The van der Waals surface area contributed by atoms with E-state index in [1.807, 2.05) is 60.7 Å². The summed E-state index contributed by atoms with van der Waals surface area (Å²) in [5, 5.41) is 5.17. The van der Waals surface area contributed by atoms with Gasteiger partial charge in [0.05, 0.1) is 6.21 Å². The Morgan fingerprint density at radius 1 is 1.00 bits per heavy atom. The third-order valence-electron chi connectivity index (χ3n) is 4.15. The lowest BCUT2D eigenvalue weighted by molar-refractivity contribution is -0.121. The monoisotopic (exact) mass is 426 g/mol. The molecule has 6 heteroatoms. The highest BCUT2D eigenvalue weighted by Gasteiger charge is 2.03. The quantitative estimate of drug-likeness (QED) is 0.373. The molecule has 0 fully saturated rings. The molecule has 0 bridgehead atoms. The molecule has 3 rings (SSSR count). The molecule has 0 aliphatic heterocycles. The lowest BCUT2D eigenvalue weighted by atomic mass is 10.1. The molecule has 0 aliphatic carbocycles. The Morgan fingerprint density at radius 3 is 2.62 bits per heavy atom. The van der Waals surface area contributed by atoms with E-state index in [0.29, 0.717) is 35.2 Å². The molecule has 0 aliphatic rings. The van der Waals surface area contributed by atoms with Gasteiger partial charge >= 0.3 is 0 Å². The molecule has 1 N–H and O–H groups in total. The van der Waals surface area contributed by atoms with Crippen LogP contribution >= 0.6 is 23.2 Å². The van der Waals surface area contributed by atoms with Crippen LogP contribution in [0.2, 0.25) is 10.0 Å². The summed E-state index contributed by atoms with van der Waals surface area (Å²) >= 11 is 12.1. The Kier molecular flexibility index (Phi) is 7.68. The molecule has 0 aromatic heterocycles. The van der Waals surface area contributed by atoms with Crippen molar-refractivity contribution in [1.82, 2.24) is 5.43 Å². The number of ether oxygens (including phenoxy) is 1. The first-order valence-corrected chi connectivity index (χ1v) is 9.88. The number of halogens is 2. The Bertz CT molecular complexity index is 991. The van der Waals surface area contributed by atoms with Crippen molar-refractivity contribution >= 4 is 35.3 Å². The molecule has 0 heterocycles. The fourth-order valence-electron chi connectivity index (χ4n) is 2.62. The molecule has 0 radical (unpaired) electrons. The number of hydrogen-bond acceptors (Lipinski definition) is 3. The van der Waals surface area contributed by atoms with Crippen LogP contribution in [0.5, 0.6) is 5.75 Å². The molecule has 0 unspecified atom stereocenters. The van der Waals surface area contributed by atoms with E-state index in [2.05, 4.69) is 10.5 Å². The van der Waals surface area contributed by atoms with Gasteiger partial charge in [-0.3, -0.25) is 4.79 Å². The highest BCUT2D eigenvalue weighted by molar-refractivity contribution is 6.35. The summed E-state index contributed by atoms with van der Waals surface area (Å²) in [5.74, 6) is 0.547. The molecular weight excluding hydrogens is 407 g/mol. The first-order chi connectivity index (χ1) is 14.1. The van der Waals surface area contributed by atoms with Crippen LogP contribution in [-0.2, 0) is 17.8 Å². The zero-order valence-corrected chi connectivity index (χ0v) is 17.2. The summed E-state index contributed by atoms with van der Waals surface area (Å²) < 4.78 is 5.79. The molecular formula is C23H20Cl2N2O2. The molecule has 4 nitrogen and oxygen atoms in total. The zero-order valence-electron chi connectivity index (χ0n) is 15.6. The molecule has 3 aromatic carbocycles. The van der Waals surface area contributed by atoms with Crippen molar-refractivity contribution < 1.29 is 9.53 Å². The van der Waals surface area contributed by atoms with Crippen molar-refractivity contribution in [2.75, 3.05) is 0 Å². The highest BCUT2D eigenvalue weighted by Crippen LogP contribution is 2.23. The van der Waals surface area contributed by atoms with Gasteiger partial charge in [-0.15, -0.1) is 0 Å². The van der Waals surface area contributed by atoms with Gasteiger partial charge in [0.2, 0.25) is 5.91 Å². The predicted octanol–water partition coefficient (Wildman–Crippen LogP) is 5.66. The summed E-state index contributed by atoms with van der Waals surface area (Å²) in [6.45, 7) is 0.326. The number of nitrogens with zero attached hydrogens (tertiary/aromatic N) is 1. The number of hydrogen-bond donors (Lipinski definition) is 1. The van der Waals surface area contributed by atoms with E-state index in [9.17, 15) is 4.79 Å².